The van der Waals surface area contributed by atoms with Gasteiger partial charge in [0.15, 0.2) is 6.10 Å². The highest BCUT2D eigenvalue weighted by atomic mass is 16.5. The van der Waals surface area contributed by atoms with Crippen molar-refractivity contribution >= 4 is 11.6 Å². The number of carbonyl (C=O) groups excluding carboxylic acids is 1. The van der Waals surface area contributed by atoms with Crippen molar-refractivity contribution in [2.45, 2.75) is 40.2 Å². The molecule has 4 nitrogen and oxygen atoms in total. The van der Waals surface area contributed by atoms with Gasteiger partial charge in [0.2, 0.25) is 0 Å². The van der Waals surface area contributed by atoms with Gasteiger partial charge in [-0.25, -0.2) is 0 Å². The molecule has 0 aliphatic heterocycles. The van der Waals surface area contributed by atoms with Crippen molar-refractivity contribution in [3.8, 4) is 11.5 Å². The number of benzene rings is 2. The van der Waals surface area contributed by atoms with E-state index in [-0.39, 0.29) is 5.91 Å². The van der Waals surface area contributed by atoms with Crippen molar-refractivity contribution in [3.63, 3.8) is 0 Å². The van der Waals surface area contributed by atoms with E-state index >= 15 is 0 Å². The summed E-state index contributed by atoms with van der Waals surface area (Å²) in [5.41, 5.74) is 1.96. The molecule has 0 spiro atoms. The summed E-state index contributed by atoms with van der Waals surface area (Å²) in [6.45, 7) is 8.72. The lowest BCUT2D eigenvalue weighted by Gasteiger charge is -2.15. The second-order valence-corrected chi connectivity index (χ2v) is 6.48. The molecule has 0 fully saturated rings. The van der Waals surface area contributed by atoms with Crippen molar-refractivity contribution in [1.29, 1.82) is 0 Å². The summed E-state index contributed by atoms with van der Waals surface area (Å²) in [5.74, 6) is 1.78. The maximum absolute atomic E-state index is 12.3. The minimum absolute atomic E-state index is 0.185. The van der Waals surface area contributed by atoms with Crippen molar-refractivity contribution in [2.24, 2.45) is 5.92 Å². The van der Waals surface area contributed by atoms with E-state index in [2.05, 4.69) is 26.1 Å². The first-order chi connectivity index (χ1) is 12.0. The molecule has 0 radical (unpaired) electrons. The van der Waals surface area contributed by atoms with Gasteiger partial charge in [-0.05, 0) is 61.2 Å². The normalized spacial score (nSPS) is 11.9. The van der Waals surface area contributed by atoms with Gasteiger partial charge in [-0.15, -0.1) is 0 Å². The summed E-state index contributed by atoms with van der Waals surface area (Å²) in [4.78, 5) is 12.3. The van der Waals surface area contributed by atoms with Crippen LogP contribution >= 0.6 is 0 Å². The molecule has 134 valence electrons. The number of anilines is 1. The Balaban J connectivity index is 1.87. The van der Waals surface area contributed by atoms with E-state index in [1.807, 2.05) is 48.5 Å². The molecule has 1 N–H and O–H groups in total. The molecule has 1 amide bonds. The van der Waals surface area contributed by atoms with Crippen LogP contribution in [0.5, 0.6) is 11.5 Å². The van der Waals surface area contributed by atoms with Crippen LogP contribution in [0.2, 0.25) is 0 Å². The highest BCUT2D eigenvalue weighted by Gasteiger charge is 2.15. The standard InChI is InChI=1S/C21H27NO3/c1-5-17-6-10-20(11-7-17)25-16(4)21(23)22-18-8-12-19(13-9-18)24-14-15(2)3/h6-13,15-16H,5,14H2,1-4H3,(H,22,23)/t16-/m0/s1. The SMILES string of the molecule is CCc1ccc(O[C@@H](C)C(=O)Nc2ccc(OCC(C)C)cc2)cc1. The van der Waals surface area contributed by atoms with Crippen molar-refractivity contribution in [1.82, 2.24) is 0 Å². The molecule has 0 saturated heterocycles. The van der Waals surface area contributed by atoms with Crippen LogP contribution in [0.15, 0.2) is 48.5 Å². The van der Waals surface area contributed by atoms with Crippen molar-refractivity contribution < 1.29 is 14.3 Å². The predicted octanol–water partition coefficient (Wildman–Crippen LogP) is 4.69. The molecule has 4 heteroatoms. The Hall–Kier alpha value is -2.49. The van der Waals surface area contributed by atoms with Gasteiger partial charge in [0.05, 0.1) is 6.61 Å². The van der Waals surface area contributed by atoms with E-state index in [1.165, 1.54) is 5.56 Å². The first kappa shape index (κ1) is 18.8. The van der Waals surface area contributed by atoms with Gasteiger partial charge in [-0.2, -0.15) is 0 Å². The second-order valence-electron chi connectivity index (χ2n) is 6.48. The Morgan fingerprint density at radius 2 is 1.56 bits per heavy atom. The Labute approximate surface area is 150 Å². The number of hydrogen-bond acceptors (Lipinski definition) is 3. The predicted molar refractivity (Wildman–Crippen MR) is 101 cm³/mol. The van der Waals surface area contributed by atoms with Gasteiger partial charge >= 0.3 is 0 Å². The molecule has 2 rings (SSSR count). The third kappa shape index (κ3) is 6.14. The lowest BCUT2D eigenvalue weighted by Crippen LogP contribution is -2.30. The van der Waals surface area contributed by atoms with Gasteiger partial charge in [0, 0.05) is 5.69 Å². The van der Waals surface area contributed by atoms with Gasteiger partial charge in [-0.1, -0.05) is 32.9 Å². The highest BCUT2D eigenvalue weighted by Crippen LogP contribution is 2.18. The van der Waals surface area contributed by atoms with E-state index in [4.69, 9.17) is 9.47 Å². The molecule has 0 bridgehead atoms. The molecule has 25 heavy (non-hydrogen) atoms. The second kappa shape index (κ2) is 9.11. The fraction of sp³-hybridized carbons (Fsp3) is 0.381. The van der Waals surface area contributed by atoms with E-state index in [0.717, 1.165) is 17.9 Å². The zero-order valence-corrected chi connectivity index (χ0v) is 15.4. The minimum Gasteiger partial charge on any atom is -0.493 e. The van der Waals surface area contributed by atoms with Crippen LogP contribution in [0.4, 0.5) is 5.69 Å². The molecule has 0 aromatic heterocycles. The fourth-order valence-electron chi connectivity index (χ4n) is 2.20. The smallest absolute Gasteiger partial charge is 0.265 e. The molecular weight excluding hydrogens is 314 g/mol. The van der Waals surface area contributed by atoms with E-state index in [1.54, 1.807) is 6.92 Å². The molecule has 0 saturated carbocycles. The van der Waals surface area contributed by atoms with E-state index in [9.17, 15) is 4.79 Å². The van der Waals surface area contributed by atoms with Crippen LogP contribution < -0.4 is 14.8 Å². The van der Waals surface area contributed by atoms with Crippen LogP contribution in [-0.2, 0) is 11.2 Å². The molecule has 0 heterocycles. The van der Waals surface area contributed by atoms with Crippen LogP contribution in [0, 0.1) is 5.92 Å². The first-order valence-electron chi connectivity index (χ1n) is 8.77. The van der Waals surface area contributed by atoms with E-state index < -0.39 is 6.10 Å². The number of carbonyl (C=O) groups is 1. The third-order valence-electron chi connectivity index (χ3n) is 3.72. The summed E-state index contributed by atoms with van der Waals surface area (Å²) in [5, 5.41) is 2.86. The summed E-state index contributed by atoms with van der Waals surface area (Å²) in [6.07, 6.45) is 0.400. The van der Waals surface area contributed by atoms with Gasteiger partial charge in [0.25, 0.3) is 5.91 Å². The van der Waals surface area contributed by atoms with Crippen LogP contribution in [0.3, 0.4) is 0 Å². The Bertz CT molecular complexity index is 663. The van der Waals surface area contributed by atoms with Gasteiger partial charge in [0.1, 0.15) is 11.5 Å². The fourth-order valence-corrected chi connectivity index (χ4v) is 2.20. The van der Waals surface area contributed by atoms with Gasteiger partial charge < -0.3 is 14.8 Å². The van der Waals surface area contributed by atoms with Crippen molar-refractivity contribution in [3.05, 3.63) is 54.1 Å². The summed E-state index contributed by atoms with van der Waals surface area (Å²) in [6, 6.07) is 15.2. The quantitative estimate of drug-likeness (QED) is 0.758. The number of amides is 1. The largest absolute Gasteiger partial charge is 0.493 e. The number of ether oxygens (including phenoxy) is 2. The number of nitrogens with one attached hydrogen (secondary N) is 1. The molecule has 0 unspecified atom stereocenters. The Kier molecular flexibility index (Phi) is 6.87. The maximum atomic E-state index is 12.3. The molecular formula is C21H27NO3. The van der Waals surface area contributed by atoms with Crippen LogP contribution in [0.25, 0.3) is 0 Å². The molecule has 0 aliphatic carbocycles. The zero-order chi connectivity index (χ0) is 18.2. The lowest BCUT2D eigenvalue weighted by atomic mass is 10.2. The maximum Gasteiger partial charge on any atom is 0.265 e. The molecule has 0 aliphatic rings. The van der Waals surface area contributed by atoms with E-state index in [0.29, 0.717) is 18.3 Å². The molecule has 2 aromatic rings. The molecule has 1 atom stereocenters. The van der Waals surface area contributed by atoms with Crippen LogP contribution in [0.1, 0.15) is 33.3 Å². The minimum atomic E-state index is -0.579. The van der Waals surface area contributed by atoms with Crippen LogP contribution in [-0.4, -0.2) is 18.6 Å². The third-order valence-corrected chi connectivity index (χ3v) is 3.72. The zero-order valence-electron chi connectivity index (χ0n) is 15.4. The number of aryl methyl sites for hydroxylation is 1. The summed E-state index contributed by atoms with van der Waals surface area (Å²) >= 11 is 0. The van der Waals surface area contributed by atoms with Gasteiger partial charge in [-0.3, -0.25) is 4.79 Å². The Morgan fingerprint density at radius 1 is 0.960 bits per heavy atom. The topological polar surface area (TPSA) is 47.6 Å². The molecule has 2 aromatic carbocycles. The van der Waals surface area contributed by atoms with Crippen molar-refractivity contribution in [2.75, 3.05) is 11.9 Å². The average Bonchev–Trinajstić information content (AvgIpc) is 2.61. The number of hydrogen-bond donors (Lipinski definition) is 1. The summed E-state index contributed by atoms with van der Waals surface area (Å²) < 4.78 is 11.3. The number of rotatable bonds is 8. The first-order valence-corrected chi connectivity index (χ1v) is 8.77. The highest BCUT2D eigenvalue weighted by molar-refractivity contribution is 5.94. The monoisotopic (exact) mass is 341 g/mol. The summed E-state index contributed by atoms with van der Waals surface area (Å²) in [7, 11) is 0. The average molecular weight is 341 g/mol. The lowest BCUT2D eigenvalue weighted by molar-refractivity contribution is -0.122. The Morgan fingerprint density at radius 3 is 2.12 bits per heavy atom.